The van der Waals surface area contributed by atoms with E-state index >= 15 is 0 Å². The first-order valence-corrected chi connectivity index (χ1v) is 8.31. The van der Waals surface area contributed by atoms with E-state index in [1.165, 1.54) is 10.4 Å². The zero-order valence-corrected chi connectivity index (χ0v) is 13.1. The van der Waals surface area contributed by atoms with Crippen LogP contribution < -0.4 is 5.32 Å². The average Bonchev–Trinajstić information content (AvgIpc) is 3.27. The first-order valence-electron chi connectivity index (χ1n) is 7.49. The molecule has 2 aromatic rings. The lowest BCUT2D eigenvalue weighted by molar-refractivity contribution is -0.122. The van der Waals surface area contributed by atoms with Crippen molar-refractivity contribution < 1.29 is 4.79 Å². The van der Waals surface area contributed by atoms with Crippen LogP contribution in [0.3, 0.4) is 0 Å². The predicted molar refractivity (Wildman–Crippen MR) is 85.5 cm³/mol. The number of nitrogens with one attached hydrogen (secondary N) is 1. The molecule has 0 atom stereocenters. The highest BCUT2D eigenvalue weighted by molar-refractivity contribution is 7.11. The van der Waals surface area contributed by atoms with Crippen LogP contribution in [0.2, 0.25) is 0 Å². The Bertz CT molecular complexity index is 617. The number of carbonyl (C=O) groups is 1. The average molecular weight is 300 g/mol. The fourth-order valence-electron chi connectivity index (χ4n) is 2.32. The fourth-order valence-corrected chi connectivity index (χ4v) is 3.43. The maximum Gasteiger partial charge on any atom is 0.223 e. The molecule has 21 heavy (non-hydrogen) atoms. The van der Waals surface area contributed by atoms with E-state index in [2.05, 4.69) is 41.5 Å². The summed E-state index contributed by atoms with van der Waals surface area (Å²) in [5.74, 6) is 0.504. The smallest absolute Gasteiger partial charge is 0.223 e. The van der Waals surface area contributed by atoms with E-state index in [1.54, 1.807) is 11.3 Å². The maximum atomic E-state index is 11.6. The minimum Gasteiger partial charge on any atom is -0.355 e. The van der Waals surface area contributed by atoms with E-state index in [1.807, 2.05) is 6.07 Å². The number of thiazole rings is 1. The molecule has 1 saturated carbocycles. The van der Waals surface area contributed by atoms with Gasteiger partial charge in [0.05, 0.1) is 10.7 Å². The Morgan fingerprint density at radius 1 is 1.33 bits per heavy atom. The van der Waals surface area contributed by atoms with E-state index < -0.39 is 0 Å². The van der Waals surface area contributed by atoms with Gasteiger partial charge in [0, 0.05) is 30.2 Å². The highest BCUT2D eigenvalue weighted by atomic mass is 32.1. The Morgan fingerprint density at radius 2 is 2.10 bits per heavy atom. The summed E-state index contributed by atoms with van der Waals surface area (Å²) < 4.78 is 0. The summed E-state index contributed by atoms with van der Waals surface area (Å²) in [5, 5.41) is 4.12. The van der Waals surface area contributed by atoms with Crippen molar-refractivity contribution in [3.8, 4) is 0 Å². The molecule has 1 fully saturated rings. The van der Waals surface area contributed by atoms with Gasteiger partial charge in [0.15, 0.2) is 0 Å². The van der Waals surface area contributed by atoms with Gasteiger partial charge >= 0.3 is 0 Å². The maximum absolute atomic E-state index is 11.6. The summed E-state index contributed by atoms with van der Waals surface area (Å²) in [5.41, 5.74) is 2.44. The van der Waals surface area contributed by atoms with Crippen molar-refractivity contribution in [2.45, 2.75) is 32.6 Å². The van der Waals surface area contributed by atoms with Crippen molar-refractivity contribution in [3.63, 3.8) is 0 Å². The molecule has 1 aromatic heterocycles. The second kappa shape index (κ2) is 6.39. The standard InChI is InChI=1S/C17H20N2OS/c1-12-15(11-13-5-3-2-4-6-13)21-16(19-12)9-10-18-17(20)14-7-8-14/h2-6,14H,7-11H2,1H3,(H,18,20). The molecule has 3 rings (SSSR count). The molecule has 0 radical (unpaired) electrons. The molecule has 0 saturated heterocycles. The quantitative estimate of drug-likeness (QED) is 0.890. The summed E-state index contributed by atoms with van der Waals surface area (Å²) in [4.78, 5) is 17.5. The number of benzene rings is 1. The van der Waals surface area contributed by atoms with Crippen LogP contribution in [-0.2, 0) is 17.6 Å². The first-order chi connectivity index (χ1) is 10.2. The van der Waals surface area contributed by atoms with E-state index in [9.17, 15) is 4.79 Å². The summed E-state index contributed by atoms with van der Waals surface area (Å²) >= 11 is 1.77. The molecule has 1 amide bonds. The molecule has 0 unspecified atom stereocenters. The van der Waals surface area contributed by atoms with E-state index in [0.717, 1.165) is 36.4 Å². The molecule has 3 nitrogen and oxygen atoms in total. The van der Waals surface area contributed by atoms with Crippen LogP contribution in [0.5, 0.6) is 0 Å². The van der Waals surface area contributed by atoms with Crippen LogP contribution in [0.25, 0.3) is 0 Å². The molecule has 1 aliphatic carbocycles. The number of aromatic nitrogens is 1. The number of aryl methyl sites for hydroxylation is 1. The number of carbonyl (C=O) groups excluding carboxylic acids is 1. The monoisotopic (exact) mass is 300 g/mol. The Hall–Kier alpha value is -1.68. The Morgan fingerprint density at radius 3 is 2.81 bits per heavy atom. The largest absolute Gasteiger partial charge is 0.355 e. The lowest BCUT2D eigenvalue weighted by atomic mass is 10.1. The van der Waals surface area contributed by atoms with E-state index in [0.29, 0.717) is 6.54 Å². The molecule has 0 aliphatic heterocycles. The zero-order chi connectivity index (χ0) is 14.7. The van der Waals surface area contributed by atoms with Gasteiger partial charge < -0.3 is 5.32 Å². The lowest BCUT2D eigenvalue weighted by Crippen LogP contribution is -2.26. The summed E-state index contributed by atoms with van der Waals surface area (Å²) in [6.07, 6.45) is 3.89. The SMILES string of the molecule is Cc1nc(CCNC(=O)C2CC2)sc1Cc1ccccc1. The first kappa shape index (κ1) is 14.3. The minimum absolute atomic E-state index is 0.216. The number of amides is 1. The summed E-state index contributed by atoms with van der Waals surface area (Å²) in [6, 6.07) is 10.5. The number of nitrogens with zero attached hydrogens (tertiary/aromatic N) is 1. The Balaban J connectivity index is 1.55. The van der Waals surface area contributed by atoms with Gasteiger partial charge in [-0.15, -0.1) is 11.3 Å². The van der Waals surface area contributed by atoms with Gasteiger partial charge in [-0.25, -0.2) is 4.98 Å². The lowest BCUT2D eigenvalue weighted by Gasteiger charge is -2.01. The van der Waals surface area contributed by atoms with Gasteiger partial charge in [-0.3, -0.25) is 4.79 Å². The fraction of sp³-hybridized carbons (Fsp3) is 0.412. The van der Waals surface area contributed by atoms with Gasteiger partial charge in [-0.1, -0.05) is 30.3 Å². The van der Waals surface area contributed by atoms with Crippen molar-refractivity contribution in [3.05, 3.63) is 51.5 Å². The van der Waals surface area contributed by atoms with Crippen LogP contribution in [0, 0.1) is 12.8 Å². The Kier molecular flexibility index (Phi) is 4.34. The van der Waals surface area contributed by atoms with Crippen LogP contribution in [0.1, 0.15) is 34.0 Å². The third-order valence-electron chi connectivity index (χ3n) is 3.73. The molecule has 110 valence electrons. The topological polar surface area (TPSA) is 42.0 Å². The summed E-state index contributed by atoms with van der Waals surface area (Å²) in [7, 11) is 0. The highest BCUT2D eigenvalue weighted by Crippen LogP contribution is 2.28. The highest BCUT2D eigenvalue weighted by Gasteiger charge is 2.29. The van der Waals surface area contributed by atoms with Crippen LogP contribution in [0.4, 0.5) is 0 Å². The predicted octanol–water partition coefficient (Wildman–Crippen LogP) is 3.11. The molecule has 1 aliphatic rings. The minimum atomic E-state index is 0.216. The van der Waals surface area contributed by atoms with Gasteiger partial charge in [-0.05, 0) is 25.3 Å². The Labute approximate surface area is 129 Å². The van der Waals surface area contributed by atoms with Crippen molar-refractivity contribution >= 4 is 17.2 Å². The van der Waals surface area contributed by atoms with Gasteiger partial charge in [-0.2, -0.15) is 0 Å². The molecular formula is C17H20N2OS. The van der Waals surface area contributed by atoms with Crippen molar-refractivity contribution in [1.82, 2.24) is 10.3 Å². The van der Waals surface area contributed by atoms with Crippen LogP contribution in [-0.4, -0.2) is 17.4 Å². The molecule has 4 heteroatoms. The van der Waals surface area contributed by atoms with Gasteiger partial charge in [0.2, 0.25) is 5.91 Å². The van der Waals surface area contributed by atoms with E-state index in [-0.39, 0.29) is 11.8 Å². The van der Waals surface area contributed by atoms with Crippen molar-refractivity contribution in [1.29, 1.82) is 0 Å². The van der Waals surface area contributed by atoms with Crippen molar-refractivity contribution in [2.75, 3.05) is 6.54 Å². The van der Waals surface area contributed by atoms with Crippen molar-refractivity contribution in [2.24, 2.45) is 5.92 Å². The molecular weight excluding hydrogens is 280 g/mol. The molecule has 1 N–H and O–H groups in total. The third-order valence-corrected chi connectivity index (χ3v) is 4.95. The molecule has 0 bridgehead atoms. The number of hydrogen-bond acceptors (Lipinski definition) is 3. The van der Waals surface area contributed by atoms with E-state index in [4.69, 9.17) is 0 Å². The van der Waals surface area contributed by atoms with Crippen LogP contribution in [0.15, 0.2) is 30.3 Å². The second-order valence-electron chi connectivity index (χ2n) is 5.59. The molecule has 1 heterocycles. The number of hydrogen-bond donors (Lipinski definition) is 1. The number of rotatable bonds is 6. The van der Waals surface area contributed by atoms with Crippen LogP contribution >= 0.6 is 11.3 Å². The second-order valence-corrected chi connectivity index (χ2v) is 6.76. The third kappa shape index (κ3) is 3.91. The van der Waals surface area contributed by atoms with Gasteiger partial charge in [0.25, 0.3) is 0 Å². The summed E-state index contributed by atoms with van der Waals surface area (Å²) in [6.45, 7) is 2.77. The molecule has 1 aromatic carbocycles. The molecule has 0 spiro atoms. The zero-order valence-electron chi connectivity index (χ0n) is 12.3. The normalized spacial score (nSPS) is 14.1. The van der Waals surface area contributed by atoms with Gasteiger partial charge in [0.1, 0.15) is 0 Å².